The Kier molecular flexibility index (Phi) is 3.17. The molecule has 0 aliphatic rings. The number of hydrogen-bond acceptors (Lipinski definition) is 5. The van der Waals surface area contributed by atoms with Crippen molar-refractivity contribution in [2.45, 2.75) is 10.6 Å². The molecular formula is C9H8FN3S2. The van der Waals surface area contributed by atoms with E-state index < -0.39 is 0 Å². The third kappa shape index (κ3) is 2.90. The van der Waals surface area contributed by atoms with Gasteiger partial charge in [-0.2, -0.15) is 4.37 Å². The van der Waals surface area contributed by atoms with Gasteiger partial charge in [-0.1, -0.05) is 6.07 Å². The van der Waals surface area contributed by atoms with Crippen molar-refractivity contribution in [2.75, 3.05) is 5.73 Å². The van der Waals surface area contributed by atoms with Crippen LogP contribution in [0.4, 0.5) is 9.52 Å². The number of halogens is 1. The van der Waals surface area contributed by atoms with Crippen LogP contribution in [-0.4, -0.2) is 9.36 Å². The SMILES string of the molecule is Nc1nc(CSc2cccc(F)c2)ns1. The number of anilines is 1. The molecule has 0 atom stereocenters. The van der Waals surface area contributed by atoms with Crippen molar-refractivity contribution < 1.29 is 4.39 Å². The Morgan fingerprint density at radius 2 is 2.33 bits per heavy atom. The topological polar surface area (TPSA) is 51.8 Å². The maximum Gasteiger partial charge on any atom is 0.199 e. The maximum absolute atomic E-state index is 12.8. The molecule has 6 heteroatoms. The summed E-state index contributed by atoms with van der Waals surface area (Å²) < 4.78 is 16.9. The summed E-state index contributed by atoms with van der Waals surface area (Å²) >= 11 is 2.66. The van der Waals surface area contributed by atoms with Crippen LogP contribution in [0.25, 0.3) is 0 Å². The third-order valence-electron chi connectivity index (χ3n) is 1.65. The minimum Gasteiger partial charge on any atom is -0.374 e. The first-order valence-electron chi connectivity index (χ1n) is 4.20. The van der Waals surface area contributed by atoms with Gasteiger partial charge in [0.2, 0.25) is 0 Å². The molecule has 0 saturated carbocycles. The van der Waals surface area contributed by atoms with E-state index in [9.17, 15) is 4.39 Å². The van der Waals surface area contributed by atoms with Gasteiger partial charge in [-0.3, -0.25) is 0 Å². The number of nitrogens with two attached hydrogens (primary N) is 1. The van der Waals surface area contributed by atoms with E-state index in [4.69, 9.17) is 5.73 Å². The number of hydrogen-bond donors (Lipinski definition) is 1. The first-order valence-corrected chi connectivity index (χ1v) is 5.96. The van der Waals surface area contributed by atoms with Crippen LogP contribution in [0.15, 0.2) is 29.2 Å². The van der Waals surface area contributed by atoms with Gasteiger partial charge in [-0.15, -0.1) is 11.8 Å². The van der Waals surface area contributed by atoms with Crippen LogP contribution in [-0.2, 0) is 5.75 Å². The third-order valence-corrected chi connectivity index (χ3v) is 3.22. The first kappa shape index (κ1) is 10.4. The van der Waals surface area contributed by atoms with Crippen molar-refractivity contribution in [1.29, 1.82) is 0 Å². The highest BCUT2D eigenvalue weighted by Crippen LogP contribution is 2.22. The van der Waals surface area contributed by atoms with E-state index >= 15 is 0 Å². The van der Waals surface area contributed by atoms with Crippen molar-refractivity contribution in [3.8, 4) is 0 Å². The van der Waals surface area contributed by atoms with Gasteiger partial charge in [0.15, 0.2) is 11.0 Å². The van der Waals surface area contributed by atoms with E-state index in [2.05, 4.69) is 9.36 Å². The standard InChI is InChI=1S/C9H8FN3S2/c10-6-2-1-3-7(4-6)14-5-8-12-9(11)15-13-8/h1-4H,5H2,(H2,11,12,13). The average Bonchev–Trinajstić information content (AvgIpc) is 2.62. The van der Waals surface area contributed by atoms with Crippen molar-refractivity contribution in [3.05, 3.63) is 35.9 Å². The molecule has 1 aromatic carbocycles. The molecule has 2 N–H and O–H groups in total. The number of thioether (sulfide) groups is 1. The predicted octanol–water partition coefficient (Wildman–Crippen LogP) is 2.55. The smallest absolute Gasteiger partial charge is 0.199 e. The molecule has 15 heavy (non-hydrogen) atoms. The summed E-state index contributed by atoms with van der Waals surface area (Å²) in [4.78, 5) is 4.88. The number of nitrogen functional groups attached to an aromatic ring is 1. The number of rotatable bonds is 3. The minimum absolute atomic E-state index is 0.231. The quantitative estimate of drug-likeness (QED) is 0.839. The minimum atomic E-state index is -0.231. The zero-order chi connectivity index (χ0) is 10.7. The lowest BCUT2D eigenvalue weighted by Gasteiger charge is -1.97. The van der Waals surface area contributed by atoms with Gasteiger partial charge in [-0.05, 0) is 18.2 Å². The normalized spacial score (nSPS) is 10.5. The van der Waals surface area contributed by atoms with Gasteiger partial charge in [0.05, 0.1) is 5.75 Å². The zero-order valence-electron chi connectivity index (χ0n) is 7.68. The number of benzene rings is 1. The predicted molar refractivity (Wildman–Crippen MR) is 60.3 cm³/mol. The highest BCUT2D eigenvalue weighted by molar-refractivity contribution is 7.98. The van der Waals surface area contributed by atoms with Crippen LogP contribution in [0, 0.1) is 5.82 Å². The summed E-state index contributed by atoms with van der Waals surface area (Å²) in [6.45, 7) is 0. The molecule has 2 aromatic rings. The van der Waals surface area contributed by atoms with Gasteiger partial charge < -0.3 is 5.73 Å². The summed E-state index contributed by atoms with van der Waals surface area (Å²) in [5.74, 6) is 1.06. The van der Waals surface area contributed by atoms with E-state index in [1.165, 1.54) is 35.4 Å². The first-order chi connectivity index (χ1) is 7.24. The van der Waals surface area contributed by atoms with Crippen molar-refractivity contribution in [2.24, 2.45) is 0 Å². The van der Waals surface area contributed by atoms with Crippen LogP contribution in [0.5, 0.6) is 0 Å². The lowest BCUT2D eigenvalue weighted by molar-refractivity contribution is 0.624. The van der Waals surface area contributed by atoms with Gasteiger partial charge in [0.1, 0.15) is 5.82 Å². The Morgan fingerprint density at radius 1 is 1.47 bits per heavy atom. The van der Waals surface area contributed by atoms with Gasteiger partial charge in [0, 0.05) is 16.4 Å². The molecule has 1 heterocycles. The van der Waals surface area contributed by atoms with Crippen molar-refractivity contribution in [1.82, 2.24) is 9.36 Å². The lowest BCUT2D eigenvalue weighted by Crippen LogP contribution is -1.86. The van der Waals surface area contributed by atoms with Gasteiger partial charge >= 0.3 is 0 Å². The van der Waals surface area contributed by atoms with Crippen LogP contribution >= 0.6 is 23.3 Å². The zero-order valence-corrected chi connectivity index (χ0v) is 9.32. The maximum atomic E-state index is 12.8. The Labute approximate surface area is 94.7 Å². The number of nitrogens with zero attached hydrogens (tertiary/aromatic N) is 2. The van der Waals surface area contributed by atoms with Crippen LogP contribution in [0.1, 0.15) is 5.82 Å². The molecular weight excluding hydrogens is 233 g/mol. The molecule has 1 aromatic heterocycles. The van der Waals surface area contributed by atoms with E-state index in [0.29, 0.717) is 16.7 Å². The molecule has 0 saturated heterocycles. The van der Waals surface area contributed by atoms with Crippen molar-refractivity contribution in [3.63, 3.8) is 0 Å². The molecule has 3 nitrogen and oxygen atoms in total. The van der Waals surface area contributed by atoms with Crippen LogP contribution in [0.2, 0.25) is 0 Å². The van der Waals surface area contributed by atoms with Crippen LogP contribution in [0.3, 0.4) is 0 Å². The Hall–Kier alpha value is -1.14. The van der Waals surface area contributed by atoms with Crippen LogP contribution < -0.4 is 5.73 Å². The monoisotopic (exact) mass is 241 g/mol. The summed E-state index contributed by atoms with van der Waals surface area (Å²) in [6, 6.07) is 6.44. The fraction of sp³-hybridized carbons (Fsp3) is 0.111. The fourth-order valence-electron chi connectivity index (χ4n) is 1.03. The number of aromatic nitrogens is 2. The molecule has 0 radical (unpaired) electrons. The summed E-state index contributed by atoms with van der Waals surface area (Å²) in [7, 11) is 0. The molecule has 0 aliphatic heterocycles. The van der Waals surface area contributed by atoms with E-state index in [0.717, 1.165) is 4.90 Å². The Balaban J connectivity index is 1.99. The lowest BCUT2D eigenvalue weighted by atomic mass is 10.4. The molecule has 0 spiro atoms. The molecule has 0 bridgehead atoms. The van der Waals surface area contributed by atoms with Crippen molar-refractivity contribution >= 4 is 28.4 Å². The average molecular weight is 241 g/mol. The summed E-state index contributed by atoms with van der Waals surface area (Å²) in [5.41, 5.74) is 5.45. The fourth-order valence-corrected chi connectivity index (χ4v) is 2.36. The second-order valence-electron chi connectivity index (χ2n) is 2.79. The van der Waals surface area contributed by atoms with Gasteiger partial charge in [-0.25, -0.2) is 9.37 Å². The highest BCUT2D eigenvalue weighted by Gasteiger charge is 2.02. The van der Waals surface area contributed by atoms with E-state index in [-0.39, 0.29) is 5.82 Å². The Morgan fingerprint density at radius 3 is 3.00 bits per heavy atom. The largest absolute Gasteiger partial charge is 0.374 e. The molecule has 0 unspecified atom stereocenters. The Bertz CT molecular complexity index is 458. The summed E-state index contributed by atoms with van der Waals surface area (Å²) in [5, 5.41) is 0.463. The van der Waals surface area contributed by atoms with E-state index in [1.807, 2.05) is 6.07 Å². The van der Waals surface area contributed by atoms with E-state index in [1.54, 1.807) is 6.07 Å². The molecule has 0 aliphatic carbocycles. The summed E-state index contributed by atoms with van der Waals surface area (Å²) in [6.07, 6.45) is 0. The van der Waals surface area contributed by atoms with Gasteiger partial charge in [0.25, 0.3) is 0 Å². The molecule has 78 valence electrons. The second-order valence-corrected chi connectivity index (χ2v) is 4.63. The molecule has 2 rings (SSSR count). The molecule has 0 amide bonds. The highest BCUT2D eigenvalue weighted by atomic mass is 32.2. The molecule has 0 fully saturated rings. The second kappa shape index (κ2) is 4.59.